The lowest BCUT2D eigenvalue weighted by Crippen LogP contribution is -2.47. The van der Waals surface area contributed by atoms with Crippen molar-refractivity contribution >= 4 is 23.1 Å². The third-order valence-corrected chi connectivity index (χ3v) is 8.88. The molecule has 258 valence electrons. The second kappa shape index (κ2) is 20.4. The van der Waals surface area contributed by atoms with Crippen molar-refractivity contribution in [1.29, 1.82) is 0 Å². The maximum Gasteiger partial charge on any atom is 0.416 e. The predicted molar refractivity (Wildman–Crippen MR) is 172 cm³/mol. The Labute approximate surface area is 275 Å². The van der Waals surface area contributed by atoms with E-state index in [1.807, 2.05) is 24.3 Å². The summed E-state index contributed by atoms with van der Waals surface area (Å²) in [5.41, 5.74) is 1.00. The Kier molecular flexibility index (Phi) is 16.4. The van der Waals surface area contributed by atoms with E-state index in [1.165, 1.54) is 23.9 Å². The van der Waals surface area contributed by atoms with E-state index in [9.17, 15) is 13.2 Å². The monoisotopic (exact) mass is 671 g/mol. The fraction of sp³-hybridized carbons (Fsp3) is 0.636. The largest absolute Gasteiger partial charge is 0.416 e. The average molecular weight is 672 g/mol. The number of nitrogens with zero attached hydrogens (tertiary/aromatic N) is 3. The summed E-state index contributed by atoms with van der Waals surface area (Å²) in [7, 11) is 1.64. The molecule has 0 aromatic heterocycles. The first-order valence-electron chi connectivity index (χ1n) is 16.0. The minimum absolute atomic E-state index is 0.522. The number of rotatable bonds is 22. The fourth-order valence-electron chi connectivity index (χ4n) is 5.25. The highest BCUT2D eigenvalue weighted by Gasteiger charge is 2.33. The molecule has 13 heteroatoms. The van der Waals surface area contributed by atoms with Crippen LogP contribution in [0.15, 0.2) is 52.3 Å². The van der Waals surface area contributed by atoms with Crippen LogP contribution >= 0.6 is 11.8 Å². The van der Waals surface area contributed by atoms with Crippen LogP contribution in [-0.2, 0) is 34.6 Å². The average Bonchev–Trinajstić information content (AvgIpc) is 3.06. The van der Waals surface area contributed by atoms with Crippen LogP contribution in [0.3, 0.4) is 0 Å². The van der Waals surface area contributed by atoms with E-state index in [-0.39, 0.29) is 0 Å². The van der Waals surface area contributed by atoms with E-state index >= 15 is 0 Å². The van der Waals surface area contributed by atoms with E-state index in [0.29, 0.717) is 84.9 Å². The molecule has 1 saturated heterocycles. The van der Waals surface area contributed by atoms with Crippen molar-refractivity contribution in [3.05, 3.63) is 48.0 Å². The van der Waals surface area contributed by atoms with E-state index < -0.39 is 11.7 Å². The van der Waals surface area contributed by atoms with E-state index in [0.717, 1.165) is 61.2 Å². The molecule has 0 unspecified atom stereocenters. The van der Waals surface area contributed by atoms with Gasteiger partial charge in [0.25, 0.3) is 0 Å². The summed E-state index contributed by atoms with van der Waals surface area (Å²) >= 11 is 1.53. The van der Waals surface area contributed by atoms with Crippen LogP contribution in [0, 0.1) is 0 Å². The molecule has 2 aliphatic heterocycles. The lowest BCUT2D eigenvalue weighted by molar-refractivity contribution is -0.137. The first-order chi connectivity index (χ1) is 22.5. The number of piperazine rings is 1. The number of hydrogen-bond donors (Lipinski definition) is 0. The smallest absolute Gasteiger partial charge is 0.382 e. The van der Waals surface area contributed by atoms with Crippen molar-refractivity contribution < 1.29 is 41.6 Å². The van der Waals surface area contributed by atoms with Gasteiger partial charge in [0.2, 0.25) is 0 Å². The van der Waals surface area contributed by atoms with E-state index in [4.69, 9.17) is 28.4 Å². The molecule has 46 heavy (non-hydrogen) atoms. The number of ether oxygens (including phenoxy) is 6. The third-order valence-electron chi connectivity index (χ3n) is 7.75. The lowest BCUT2D eigenvalue weighted by Gasteiger charge is -2.36. The van der Waals surface area contributed by atoms with Crippen LogP contribution in [0.4, 0.5) is 24.5 Å². The van der Waals surface area contributed by atoms with Gasteiger partial charge in [-0.1, -0.05) is 23.9 Å². The highest BCUT2D eigenvalue weighted by molar-refractivity contribution is 7.99. The highest BCUT2D eigenvalue weighted by Crippen LogP contribution is 2.49. The molecule has 4 rings (SSSR count). The molecule has 2 aliphatic rings. The molecule has 0 atom stereocenters. The molecule has 0 amide bonds. The number of benzene rings is 2. The van der Waals surface area contributed by atoms with Gasteiger partial charge in [0, 0.05) is 56.2 Å². The molecule has 0 N–H and O–H groups in total. The Balaban J connectivity index is 1.02. The summed E-state index contributed by atoms with van der Waals surface area (Å²) in [4.78, 5) is 8.83. The zero-order valence-corrected chi connectivity index (χ0v) is 27.6. The highest BCUT2D eigenvalue weighted by atomic mass is 32.2. The molecular weight excluding hydrogens is 623 g/mol. The summed E-state index contributed by atoms with van der Waals surface area (Å²) < 4.78 is 72.9. The van der Waals surface area contributed by atoms with Gasteiger partial charge in [-0.25, -0.2) is 0 Å². The van der Waals surface area contributed by atoms with Crippen molar-refractivity contribution in [2.24, 2.45) is 0 Å². The summed E-state index contributed by atoms with van der Waals surface area (Å²) in [6, 6.07) is 12.0. The maximum absolute atomic E-state index is 13.5. The van der Waals surface area contributed by atoms with Gasteiger partial charge in [0.05, 0.1) is 89.6 Å². The maximum atomic E-state index is 13.5. The van der Waals surface area contributed by atoms with Gasteiger partial charge < -0.3 is 38.2 Å². The Bertz CT molecular complexity index is 1140. The van der Waals surface area contributed by atoms with Crippen LogP contribution < -0.4 is 4.90 Å². The number of methoxy groups -OCH3 is 1. The standard InChI is InChI=1S/C33H48F3N3O6S/c1-40-17-18-42-21-22-44-25-26-45-24-23-43-20-19-41-16-15-38-13-11-37(12-14-38)9-4-10-39-29-5-2-3-6-31(29)46-32-8-7-28(27-30(32)39)33(34,35)36/h2-3,5-8,27H,4,9-26H2,1H3. The van der Waals surface area contributed by atoms with Gasteiger partial charge >= 0.3 is 6.18 Å². The van der Waals surface area contributed by atoms with Crippen LogP contribution in [0.25, 0.3) is 0 Å². The van der Waals surface area contributed by atoms with Crippen molar-refractivity contribution in [2.75, 3.05) is 130 Å². The molecule has 0 radical (unpaired) electrons. The SMILES string of the molecule is COCCOCCOCCOCCOCCOCCN1CCN(CCCN2c3ccccc3Sc3ccc(C(F)(F)F)cc32)CC1. The normalized spacial score (nSPS) is 15.7. The molecule has 0 bridgehead atoms. The number of para-hydroxylation sites is 1. The zero-order chi connectivity index (χ0) is 32.5. The first kappa shape index (κ1) is 36.9. The minimum atomic E-state index is -4.37. The van der Waals surface area contributed by atoms with Gasteiger partial charge in [-0.05, 0) is 43.3 Å². The summed E-state index contributed by atoms with van der Waals surface area (Å²) in [5.74, 6) is 0. The fourth-order valence-corrected chi connectivity index (χ4v) is 6.33. The Morgan fingerprint density at radius 2 is 1.13 bits per heavy atom. The number of alkyl halides is 3. The molecule has 2 heterocycles. The second-order valence-electron chi connectivity index (χ2n) is 11.0. The quantitative estimate of drug-likeness (QED) is 0.159. The predicted octanol–water partition coefficient (Wildman–Crippen LogP) is 5.05. The van der Waals surface area contributed by atoms with Crippen LogP contribution in [0.5, 0.6) is 0 Å². The first-order valence-corrected chi connectivity index (χ1v) is 16.9. The van der Waals surface area contributed by atoms with Crippen molar-refractivity contribution in [3.8, 4) is 0 Å². The zero-order valence-electron chi connectivity index (χ0n) is 26.8. The van der Waals surface area contributed by atoms with Gasteiger partial charge in [-0.2, -0.15) is 13.2 Å². The molecule has 1 fully saturated rings. The molecule has 0 aliphatic carbocycles. The van der Waals surface area contributed by atoms with E-state index in [2.05, 4.69) is 14.7 Å². The lowest BCUT2D eigenvalue weighted by atomic mass is 10.1. The van der Waals surface area contributed by atoms with Gasteiger partial charge in [0.15, 0.2) is 0 Å². The molecule has 9 nitrogen and oxygen atoms in total. The van der Waals surface area contributed by atoms with Crippen molar-refractivity contribution in [3.63, 3.8) is 0 Å². The van der Waals surface area contributed by atoms with Crippen molar-refractivity contribution in [2.45, 2.75) is 22.4 Å². The molecule has 0 saturated carbocycles. The van der Waals surface area contributed by atoms with Crippen LogP contribution in [-0.4, -0.2) is 135 Å². The second-order valence-corrected chi connectivity index (χ2v) is 12.1. The van der Waals surface area contributed by atoms with Crippen LogP contribution in [0.1, 0.15) is 12.0 Å². The molecule has 0 spiro atoms. The summed E-state index contributed by atoms with van der Waals surface area (Å²) in [6.07, 6.45) is -3.50. The summed E-state index contributed by atoms with van der Waals surface area (Å²) in [6.45, 7) is 12.5. The third kappa shape index (κ3) is 12.6. The Morgan fingerprint density at radius 3 is 1.72 bits per heavy atom. The Morgan fingerprint density at radius 1 is 0.609 bits per heavy atom. The number of halogens is 3. The molecule has 2 aromatic carbocycles. The van der Waals surface area contributed by atoms with E-state index in [1.54, 1.807) is 13.2 Å². The van der Waals surface area contributed by atoms with Crippen LogP contribution in [0.2, 0.25) is 0 Å². The number of hydrogen-bond acceptors (Lipinski definition) is 10. The van der Waals surface area contributed by atoms with Gasteiger partial charge in [-0.3, -0.25) is 4.90 Å². The van der Waals surface area contributed by atoms with Gasteiger partial charge in [-0.15, -0.1) is 0 Å². The van der Waals surface area contributed by atoms with Gasteiger partial charge in [0.1, 0.15) is 0 Å². The van der Waals surface area contributed by atoms with Crippen molar-refractivity contribution in [1.82, 2.24) is 9.80 Å². The topological polar surface area (TPSA) is 65.1 Å². The molecular formula is C33H48F3N3O6S. The summed E-state index contributed by atoms with van der Waals surface area (Å²) in [5, 5.41) is 0. The number of anilines is 2. The number of fused-ring (bicyclic) bond motifs is 2. The minimum Gasteiger partial charge on any atom is -0.382 e. The molecule has 2 aromatic rings. The Hall–Kier alpha value is -1.94.